The molecule has 5 nitrogen and oxygen atoms in total. The number of aromatic amines is 1. The maximum atomic E-state index is 13.7. The van der Waals surface area contributed by atoms with Crippen LogP contribution in [0.1, 0.15) is 33.2 Å². The van der Waals surface area contributed by atoms with Crippen molar-refractivity contribution in [3.63, 3.8) is 0 Å². The lowest BCUT2D eigenvalue weighted by molar-refractivity contribution is 0.0692. The fourth-order valence-electron chi connectivity index (χ4n) is 4.54. The van der Waals surface area contributed by atoms with Crippen molar-refractivity contribution in [3.05, 3.63) is 93.1 Å². The normalized spacial score (nSPS) is 15.4. The Morgan fingerprint density at radius 3 is 2.36 bits per heavy atom. The zero-order chi connectivity index (χ0) is 23.1. The van der Waals surface area contributed by atoms with Crippen LogP contribution in [-0.2, 0) is 6.42 Å². The molecule has 33 heavy (non-hydrogen) atoms. The molecule has 1 unspecified atom stereocenters. The monoisotopic (exact) mass is 480 g/mol. The average molecular weight is 481 g/mol. The summed E-state index contributed by atoms with van der Waals surface area (Å²) < 4.78 is 10.7. The van der Waals surface area contributed by atoms with Gasteiger partial charge in [0.1, 0.15) is 11.5 Å². The van der Waals surface area contributed by atoms with E-state index < -0.39 is 0 Å². The summed E-state index contributed by atoms with van der Waals surface area (Å²) in [6, 6.07) is 18.4. The van der Waals surface area contributed by atoms with Crippen LogP contribution in [0.5, 0.6) is 11.5 Å². The predicted octanol–water partition coefficient (Wildman–Crippen LogP) is 6.28. The van der Waals surface area contributed by atoms with Gasteiger partial charge in [-0.05, 0) is 72.1 Å². The Balaban J connectivity index is 1.65. The van der Waals surface area contributed by atoms with Gasteiger partial charge in [0, 0.05) is 28.7 Å². The minimum Gasteiger partial charge on any atom is -0.497 e. The highest BCUT2D eigenvalue weighted by molar-refractivity contribution is 6.42. The lowest BCUT2D eigenvalue weighted by atomic mass is 9.91. The van der Waals surface area contributed by atoms with Crippen molar-refractivity contribution in [2.45, 2.75) is 12.5 Å². The molecular formula is C26H22Cl2N2O3. The van der Waals surface area contributed by atoms with Crippen molar-refractivity contribution in [1.82, 2.24) is 9.88 Å². The maximum Gasteiger partial charge on any atom is 0.254 e. The van der Waals surface area contributed by atoms with E-state index in [-0.39, 0.29) is 11.9 Å². The number of benzene rings is 3. The van der Waals surface area contributed by atoms with Crippen molar-refractivity contribution >= 4 is 40.0 Å². The molecule has 2 heterocycles. The molecule has 0 radical (unpaired) electrons. The lowest BCUT2D eigenvalue weighted by Gasteiger charge is -2.36. The number of carbonyl (C=O) groups excluding carboxylic acids is 1. The number of H-pyrrole nitrogens is 1. The Kier molecular flexibility index (Phi) is 5.69. The molecule has 1 aliphatic heterocycles. The van der Waals surface area contributed by atoms with E-state index in [9.17, 15) is 4.79 Å². The van der Waals surface area contributed by atoms with Gasteiger partial charge >= 0.3 is 0 Å². The van der Waals surface area contributed by atoms with Gasteiger partial charge in [0.05, 0.1) is 30.3 Å². The van der Waals surface area contributed by atoms with Crippen LogP contribution in [0, 0.1) is 0 Å². The topological polar surface area (TPSA) is 54.6 Å². The minimum atomic E-state index is -0.337. The van der Waals surface area contributed by atoms with Crippen LogP contribution < -0.4 is 9.47 Å². The molecular weight excluding hydrogens is 459 g/mol. The summed E-state index contributed by atoms with van der Waals surface area (Å²) in [6.45, 7) is 0.562. The number of carbonyl (C=O) groups is 1. The number of nitrogens with one attached hydrogen (secondary N) is 1. The summed E-state index contributed by atoms with van der Waals surface area (Å²) in [4.78, 5) is 19.1. The molecule has 0 aliphatic carbocycles. The molecule has 4 aromatic rings. The Labute approximate surface area is 201 Å². The van der Waals surface area contributed by atoms with Crippen molar-refractivity contribution in [1.29, 1.82) is 0 Å². The Bertz CT molecular complexity index is 1350. The van der Waals surface area contributed by atoms with Gasteiger partial charge in [-0.15, -0.1) is 0 Å². The van der Waals surface area contributed by atoms with Gasteiger partial charge in [-0.1, -0.05) is 29.3 Å². The molecule has 0 bridgehead atoms. The first kappa shape index (κ1) is 21.7. The van der Waals surface area contributed by atoms with Crippen LogP contribution in [0.3, 0.4) is 0 Å². The van der Waals surface area contributed by atoms with E-state index in [2.05, 4.69) is 4.98 Å². The first-order chi connectivity index (χ1) is 16.0. The largest absolute Gasteiger partial charge is 0.497 e. The molecule has 1 aliphatic rings. The fourth-order valence-corrected chi connectivity index (χ4v) is 4.85. The van der Waals surface area contributed by atoms with Crippen molar-refractivity contribution < 1.29 is 14.3 Å². The van der Waals surface area contributed by atoms with Crippen LogP contribution in [0.2, 0.25) is 10.0 Å². The van der Waals surface area contributed by atoms with Crippen molar-refractivity contribution in [3.8, 4) is 11.5 Å². The zero-order valence-electron chi connectivity index (χ0n) is 18.2. The SMILES string of the molecule is COc1ccc(C(=O)N2CCc3c([nH]c4ccc(OC)cc34)C2c2ccc(Cl)c(Cl)c2)cc1. The molecule has 1 amide bonds. The summed E-state index contributed by atoms with van der Waals surface area (Å²) in [6.07, 6.45) is 0.724. The van der Waals surface area contributed by atoms with E-state index in [1.165, 1.54) is 5.56 Å². The van der Waals surface area contributed by atoms with E-state index >= 15 is 0 Å². The van der Waals surface area contributed by atoms with Gasteiger partial charge in [-0.25, -0.2) is 0 Å². The van der Waals surface area contributed by atoms with Gasteiger partial charge in [-0.2, -0.15) is 0 Å². The van der Waals surface area contributed by atoms with E-state index in [0.717, 1.165) is 34.3 Å². The van der Waals surface area contributed by atoms with Crippen molar-refractivity contribution in [2.75, 3.05) is 20.8 Å². The Morgan fingerprint density at radius 2 is 1.67 bits per heavy atom. The number of hydrogen-bond acceptors (Lipinski definition) is 3. The quantitative estimate of drug-likeness (QED) is 0.373. The van der Waals surface area contributed by atoms with Crippen LogP contribution in [0.15, 0.2) is 60.7 Å². The summed E-state index contributed by atoms with van der Waals surface area (Å²) in [5.41, 5.74) is 4.65. The molecule has 5 rings (SSSR count). The summed E-state index contributed by atoms with van der Waals surface area (Å²) in [5.74, 6) is 1.45. The molecule has 7 heteroatoms. The number of methoxy groups -OCH3 is 2. The van der Waals surface area contributed by atoms with Crippen LogP contribution in [-0.4, -0.2) is 36.6 Å². The highest BCUT2D eigenvalue weighted by atomic mass is 35.5. The number of nitrogens with zero attached hydrogens (tertiary/aromatic N) is 1. The molecule has 1 N–H and O–H groups in total. The minimum absolute atomic E-state index is 0.0596. The van der Waals surface area contributed by atoms with Crippen LogP contribution in [0.25, 0.3) is 10.9 Å². The third-order valence-corrected chi connectivity index (χ3v) is 6.93. The second-order valence-electron chi connectivity index (χ2n) is 7.98. The summed E-state index contributed by atoms with van der Waals surface area (Å²) in [5, 5.41) is 2.03. The number of ether oxygens (including phenoxy) is 2. The number of amides is 1. The number of fused-ring (bicyclic) bond motifs is 3. The third kappa shape index (κ3) is 3.81. The van der Waals surface area contributed by atoms with E-state index in [4.69, 9.17) is 32.7 Å². The third-order valence-electron chi connectivity index (χ3n) is 6.19. The molecule has 1 atom stereocenters. The van der Waals surface area contributed by atoms with Gasteiger partial charge < -0.3 is 19.4 Å². The summed E-state index contributed by atoms with van der Waals surface area (Å²) in [7, 11) is 3.27. The molecule has 0 saturated carbocycles. The van der Waals surface area contributed by atoms with Crippen LogP contribution in [0.4, 0.5) is 0 Å². The first-order valence-electron chi connectivity index (χ1n) is 10.6. The zero-order valence-corrected chi connectivity index (χ0v) is 19.7. The number of aromatic nitrogens is 1. The van der Waals surface area contributed by atoms with E-state index in [1.54, 1.807) is 44.6 Å². The molecule has 0 fully saturated rings. The van der Waals surface area contributed by atoms with E-state index in [0.29, 0.717) is 27.9 Å². The first-order valence-corrected chi connectivity index (χ1v) is 11.3. The summed E-state index contributed by atoms with van der Waals surface area (Å²) >= 11 is 12.6. The van der Waals surface area contributed by atoms with Crippen molar-refractivity contribution in [2.24, 2.45) is 0 Å². The average Bonchev–Trinajstić information content (AvgIpc) is 3.22. The highest BCUT2D eigenvalue weighted by Crippen LogP contribution is 2.41. The molecule has 168 valence electrons. The maximum absolute atomic E-state index is 13.7. The Morgan fingerprint density at radius 1 is 0.939 bits per heavy atom. The predicted molar refractivity (Wildman–Crippen MR) is 131 cm³/mol. The Hall–Kier alpha value is -3.15. The standard InChI is InChI=1S/C26H22Cl2N2O3/c1-32-17-6-3-15(4-7-17)26(31)30-12-11-19-20-14-18(33-2)8-10-23(20)29-24(19)25(30)16-5-9-21(27)22(28)13-16/h3-10,13-14,25,29H,11-12H2,1-2H3. The fraction of sp³-hybridized carbons (Fsp3) is 0.192. The smallest absolute Gasteiger partial charge is 0.254 e. The molecule has 0 saturated heterocycles. The van der Waals surface area contributed by atoms with Gasteiger partial charge in [0.25, 0.3) is 5.91 Å². The lowest BCUT2D eigenvalue weighted by Crippen LogP contribution is -2.40. The highest BCUT2D eigenvalue weighted by Gasteiger charge is 2.35. The molecule has 0 spiro atoms. The number of hydrogen-bond donors (Lipinski definition) is 1. The second kappa shape index (κ2) is 8.65. The number of rotatable bonds is 4. The van der Waals surface area contributed by atoms with Crippen LogP contribution >= 0.6 is 23.2 Å². The van der Waals surface area contributed by atoms with E-state index in [1.807, 2.05) is 35.2 Å². The van der Waals surface area contributed by atoms with Gasteiger partial charge in [0.2, 0.25) is 0 Å². The van der Waals surface area contributed by atoms with Gasteiger partial charge in [-0.3, -0.25) is 4.79 Å². The molecule has 3 aromatic carbocycles. The van der Waals surface area contributed by atoms with Gasteiger partial charge in [0.15, 0.2) is 0 Å². The number of halogens is 2. The second-order valence-corrected chi connectivity index (χ2v) is 8.80. The molecule has 1 aromatic heterocycles.